The van der Waals surface area contributed by atoms with E-state index in [2.05, 4.69) is 21.2 Å². The summed E-state index contributed by atoms with van der Waals surface area (Å²) < 4.78 is 16.2. The molecule has 1 N–H and O–H groups in total. The predicted molar refractivity (Wildman–Crippen MR) is 84.7 cm³/mol. The molecule has 122 valence electrons. The molecule has 0 radical (unpaired) electrons. The fourth-order valence-electron chi connectivity index (χ4n) is 1.54. The van der Waals surface area contributed by atoms with E-state index in [1.807, 2.05) is 12.1 Å². The monoisotopic (exact) mass is 373 g/mol. The van der Waals surface area contributed by atoms with Gasteiger partial charge in [0.15, 0.2) is 6.10 Å². The van der Waals surface area contributed by atoms with Gasteiger partial charge in [-0.2, -0.15) is 0 Å². The second kappa shape index (κ2) is 10.2. The minimum absolute atomic E-state index is 0.0716. The van der Waals surface area contributed by atoms with Crippen LogP contribution in [0.25, 0.3) is 0 Å². The molecule has 1 aromatic carbocycles. The van der Waals surface area contributed by atoms with Gasteiger partial charge in [0.05, 0.1) is 19.6 Å². The van der Waals surface area contributed by atoms with Gasteiger partial charge < -0.3 is 19.5 Å². The summed E-state index contributed by atoms with van der Waals surface area (Å²) in [5.74, 6) is -0.171. The molecular weight excluding hydrogens is 354 g/mol. The predicted octanol–water partition coefficient (Wildman–Crippen LogP) is 1.91. The normalized spacial score (nSPS) is 11.6. The summed E-state index contributed by atoms with van der Waals surface area (Å²) in [6, 6.07) is 7.31. The second-order valence-electron chi connectivity index (χ2n) is 4.47. The first-order valence-corrected chi connectivity index (χ1v) is 7.66. The number of halogens is 1. The minimum atomic E-state index is -0.838. The lowest BCUT2D eigenvalue weighted by atomic mass is 10.3. The lowest BCUT2D eigenvalue weighted by molar-refractivity contribution is -0.155. The summed E-state index contributed by atoms with van der Waals surface area (Å²) in [4.78, 5) is 23.2. The van der Waals surface area contributed by atoms with E-state index in [0.717, 1.165) is 4.47 Å². The zero-order valence-corrected chi connectivity index (χ0v) is 14.2. The Morgan fingerprint density at radius 1 is 1.32 bits per heavy atom. The van der Waals surface area contributed by atoms with Gasteiger partial charge in [0.2, 0.25) is 0 Å². The van der Waals surface area contributed by atoms with Crippen LogP contribution in [0.2, 0.25) is 0 Å². The van der Waals surface area contributed by atoms with E-state index in [0.29, 0.717) is 18.9 Å². The third-order valence-corrected chi connectivity index (χ3v) is 3.15. The van der Waals surface area contributed by atoms with E-state index in [9.17, 15) is 9.59 Å². The molecule has 0 bridgehead atoms. The van der Waals surface area contributed by atoms with E-state index < -0.39 is 12.1 Å². The Kier molecular flexibility index (Phi) is 8.54. The maximum atomic E-state index is 11.6. The van der Waals surface area contributed by atoms with Gasteiger partial charge >= 0.3 is 5.97 Å². The standard InChI is InChI=1S/C15H20BrNO5/c1-11(15(19)17-7-9-20-2)22-14(18)6-8-21-13-5-3-4-12(16)10-13/h3-5,10-11H,6-9H2,1-2H3,(H,17,19)/t11-/m1/s1. The quantitative estimate of drug-likeness (QED) is 0.528. The molecule has 0 fully saturated rings. The summed E-state index contributed by atoms with van der Waals surface area (Å²) in [5, 5.41) is 2.60. The first kappa shape index (κ1) is 18.4. The molecule has 22 heavy (non-hydrogen) atoms. The number of methoxy groups -OCH3 is 1. The van der Waals surface area contributed by atoms with Crippen molar-refractivity contribution in [1.29, 1.82) is 0 Å². The van der Waals surface area contributed by atoms with Crippen LogP contribution in [0, 0.1) is 0 Å². The molecule has 0 aliphatic carbocycles. The number of benzene rings is 1. The molecule has 7 heteroatoms. The minimum Gasteiger partial charge on any atom is -0.493 e. The Labute approximate surface area is 138 Å². The molecule has 1 atom stereocenters. The average molecular weight is 374 g/mol. The number of hydrogen-bond acceptors (Lipinski definition) is 5. The van der Waals surface area contributed by atoms with Crippen molar-refractivity contribution < 1.29 is 23.8 Å². The molecule has 0 aliphatic rings. The Morgan fingerprint density at radius 2 is 2.09 bits per heavy atom. The number of amides is 1. The Balaban J connectivity index is 2.23. The van der Waals surface area contributed by atoms with E-state index in [1.165, 1.54) is 6.92 Å². The van der Waals surface area contributed by atoms with Crippen LogP contribution < -0.4 is 10.1 Å². The van der Waals surface area contributed by atoms with E-state index >= 15 is 0 Å². The van der Waals surface area contributed by atoms with Crippen molar-refractivity contribution in [3.63, 3.8) is 0 Å². The summed E-state index contributed by atoms with van der Waals surface area (Å²) in [6.45, 7) is 2.50. The van der Waals surface area contributed by atoms with Crippen molar-refractivity contribution in [2.45, 2.75) is 19.4 Å². The summed E-state index contributed by atoms with van der Waals surface area (Å²) >= 11 is 3.33. The fraction of sp³-hybridized carbons (Fsp3) is 0.467. The fourth-order valence-corrected chi connectivity index (χ4v) is 1.92. The molecule has 0 heterocycles. The number of carbonyl (C=O) groups is 2. The van der Waals surface area contributed by atoms with Crippen molar-refractivity contribution in [2.24, 2.45) is 0 Å². The highest BCUT2D eigenvalue weighted by atomic mass is 79.9. The third-order valence-electron chi connectivity index (χ3n) is 2.65. The molecule has 0 aromatic heterocycles. The van der Waals surface area contributed by atoms with E-state index in [1.54, 1.807) is 19.2 Å². The first-order chi connectivity index (χ1) is 10.5. The van der Waals surface area contributed by atoms with Gasteiger partial charge in [-0.15, -0.1) is 0 Å². The molecular formula is C15H20BrNO5. The molecule has 1 rings (SSSR count). The van der Waals surface area contributed by atoms with Crippen LogP contribution in [0.5, 0.6) is 5.75 Å². The van der Waals surface area contributed by atoms with Gasteiger partial charge in [0.1, 0.15) is 5.75 Å². The molecule has 1 aromatic rings. The van der Waals surface area contributed by atoms with Gasteiger partial charge in [-0.25, -0.2) is 0 Å². The zero-order valence-electron chi connectivity index (χ0n) is 12.6. The lowest BCUT2D eigenvalue weighted by Crippen LogP contribution is -2.37. The van der Waals surface area contributed by atoms with Crippen LogP contribution >= 0.6 is 15.9 Å². The smallest absolute Gasteiger partial charge is 0.310 e. The second-order valence-corrected chi connectivity index (χ2v) is 5.39. The Bertz CT molecular complexity index is 495. The highest BCUT2D eigenvalue weighted by molar-refractivity contribution is 9.10. The van der Waals surface area contributed by atoms with Gasteiger partial charge in [0.25, 0.3) is 5.91 Å². The van der Waals surface area contributed by atoms with E-state index in [-0.39, 0.29) is 18.9 Å². The number of hydrogen-bond donors (Lipinski definition) is 1. The van der Waals surface area contributed by atoms with Crippen molar-refractivity contribution in [1.82, 2.24) is 5.32 Å². The number of esters is 1. The highest BCUT2D eigenvalue weighted by Crippen LogP contribution is 2.17. The largest absolute Gasteiger partial charge is 0.493 e. The maximum Gasteiger partial charge on any atom is 0.310 e. The van der Waals surface area contributed by atoms with Crippen LogP contribution in [0.3, 0.4) is 0 Å². The Morgan fingerprint density at radius 3 is 2.77 bits per heavy atom. The lowest BCUT2D eigenvalue weighted by Gasteiger charge is -2.13. The van der Waals surface area contributed by atoms with Crippen molar-refractivity contribution >= 4 is 27.8 Å². The summed E-state index contributed by atoms with van der Waals surface area (Å²) in [7, 11) is 1.54. The number of carbonyl (C=O) groups excluding carboxylic acids is 2. The van der Waals surface area contributed by atoms with Gasteiger partial charge in [-0.05, 0) is 25.1 Å². The molecule has 6 nitrogen and oxygen atoms in total. The Hall–Kier alpha value is -1.60. The van der Waals surface area contributed by atoms with Crippen LogP contribution in [-0.4, -0.2) is 44.8 Å². The molecule has 0 spiro atoms. The van der Waals surface area contributed by atoms with Gasteiger partial charge in [-0.3, -0.25) is 9.59 Å². The topological polar surface area (TPSA) is 73.9 Å². The third kappa shape index (κ3) is 7.42. The maximum absolute atomic E-state index is 11.6. The zero-order chi connectivity index (χ0) is 16.4. The highest BCUT2D eigenvalue weighted by Gasteiger charge is 2.17. The van der Waals surface area contributed by atoms with Crippen LogP contribution in [0.1, 0.15) is 13.3 Å². The van der Waals surface area contributed by atoms with Crippen LogP contribution in [0.4, 0.5) is 0 Å². The summed E-state index contributed by atoms with van der Waals surface area (Å²) in [6.07, 6.45) is -0.766. The first-order valence-electron chi connectivity index (χ1n) is 6.87. The SMILES string of the molecule is COCCNC(=O)[C@@H](C)OC(=O)CCOc1cccc(Br)c1. The summed E-state index contributed by atoms with van der Waals surface area (Å²) in [5.41, 5.74) is 0. The molecule has 1 amide bonds. The van der Waals surface area contributed by atoms with Crippen molar-refractivity contribution in [3.05, 3.63) is 28.7 Å². The van der Waals surface area contributed by atoms with Crippen molar-refractivity contribution in [2.75, 3.05) is 26.9 Å². The number of rotatable bonds is 9. The average Bonchev–Trinajstić information content (AvgIpc) is 2.47. The van der Waals surface area contributed by atoms with Gasteiger partial charge in [0, 0.05) is 18.1 Å². The molecule has 0 aliphatic heterocycles. The van der Waals surface area contributed by atoms with Crippen LogP contribution in [0.15, 0.2) is 28.7 Å². The molecule has 0 saturated heterocycles. The van der Waals surface area contributed by atoms with Crippen LogP contribution in [-0.2, 0) is 19.1 Å². The number of ether oxygens (including phenoxy) is 3. The molecule has 0 unspecified atom stereocenters. The van der Waals surface area contributed by atoms with E-state index in [4.69, 9.17) is 14.2 Å². The molecule has 0 saturated carbocycles. The van der Waals surface area contributed by atoms with Gasteiger partial charge in [-0.1, -0.05) is 22.0 Å². The number of nitrogens with one attached hydrogen (secondary N) is 1. The van der Waals surface area contributed by atoms with Crippen molar-refractivity contribution in [3.8, 4) is 5.75 Å².